The largest absolute Gasteiger partial charge is 0.493 e. The highest BCUT2D eigenvalue weighted by Crippen LogP contribution is 2.30. The number of hydrogen-bond acceptors (Lipinski definition) is 3. The van der Waals surface area contributed by atoms with Crippen LogP contribution in [0, 0.1) is 0 Å². The second-order valence-corrected chi connectivity index (χ2v) is 4.91. The van der Waals surface area contributed by atoms with Gasteiger partial charge in [0.1, 0.15) is 5.75 Å². The number of amides is 1. The van der Waals surface area contributed by atoms with Gasteiger partial charge < -0.3 is 15.8 Å². The van der Waals surface area contributed by atoms with E-state index in [2.05, 4.69) is 11.4 Å². The number of benzene rings is 1. The minimum Gasteiger partial charge on any atom is -0.493 e. The molecule has 0 radical (unpaired) electrons. The molecule has 4 nitrogen and oxygen atoms in total. The van der Waals surface area contributed by atoms with Gasteiger partial charge in [0.25, 0.3) is 0 Å². The Morgan fingerprint density at radius 3 is 3.16 bits per heavy atom. The number of ether oxygens (including phenoxy) is 1. The molecule has 1 aliphatic carbocycles. The van der Waals surface area contributed by atoms with Gasteiger partial charge in [0, 0.05) is 12.6 Å². The van der Waals surface area contributed by atoms with Crippen LogP contribution in [0.5, 0.6) is 5.75 Å². The molecule has 0 aliphatic heterocycles. The average molecular weight is 262 g/mol. The Labute approximate surface area is 114 Å². The molecule has 1 unspecified atom stereocenters. The van der Waals surface area contributed by atoms with E-state index in [-0.39, 0.29) is 11.9 Å². The summed E-state index contributed by atoms with van der Waals surface area (Å²) in [6.07, 6.45) is 3.68. The van der Waals surface area contributed by atoms with Crippen LogP contribution in [0.15, 0.2) is 18.2 Å². The van der Waals surface area contributed by atoms with E-state index in [0.29, 0.717) is 19.6 Å². The maximum atomic E-state index is 11.3. The molecule has 0 aromatic heterocycles. The molecule has 0 bridgehead atoms. The number of hydrogen-bond donors (Lipinski definition) is 2. The third-order valence-corrected chi connectivity index (χ3v) is 3.45. The molecule has 4 heteroatoms. The summed E-state index contributed by atoms with van der Waals surface area (Å²) in [7, 11) is 0. The summed E-state index contributed by atoms with van der Waals surface area (Å²) in [6.45, 7) is 2.97. The summed E-state index contributed by atoms with van der Waals surface area (Å²) in [5.41, 5.74) is 8.64. The molecule has 1 amide bonds. The second-order valence-electron chi connectivity index (χ2n) is 4.91. The lowest BCUT2D eigenvalue weighted by atomic mass is 9.88. The predicted molar refractivity (Wildman–Crippen MR) is 75.1 cm³/mol. The number of carbonyl (C=O) groups is 1. The first-order valence-corrected chi connectivity index (χ1v) is 6.98. The summed E-state index contributed by atoms with van der Waals surface area (Å²) in [4.78, 5) is 11.3. The molecule has 2 rings (SSSR count). The van der Waals surface area contributed by atoms with Gasteiger partial charge in [-0.2, -0.15) is 0 Å². The topological polar surface area (TPSA) is 64.3 Å². The SMILES string of the molecule is CCNC(=O)CCOc1ccc2c(c1)C(N)CCC2. The molecule has 1 aromatic carbocycles. The predicted octanol–water partition coefficient (Wildman–Crippen LogP) is 1.93. The summed E-state index contributed by atoms with van der Waals surface area (Å²) in [5, 5.41) is 2.75. The number of rotatable bonds is 5. The maximum absolute atomic E-state index is 11.3. The van der Waals surface area contributed by atoms with E-state index in [0.717, 1.165) is 25.0 Å². The highest BCUT2D eigenvalue weighted by Gasteiger charge is 2.17. The normalized spacial score (nSPS) is 17.7. The van der Waals surface area contributed by atoms with Gasteiger partial charge in [-0.1, -0.05) is 6.07 Å². The minimum atomic E-state index is 0.0251. The van der Waals surface area contributed by atoms with Crippen molar-refractivity contribution in [1.29, 1.82) is 0 Å². The Balaban J connectivity index is 1.91. The Hall–Kier alpha value is -1.55. The van der Waals surface area contributed by atoms with E-state index < -0.39 is 0 Å². The van der Waals surface area contributed by atoms with Crippen molar-refractivity contribution in [3.05, 3.63) is 29.3 Å². The van der Waals surface area contributed by atoms with Crippen molar-refractivity contribution >= 4 is 5.91 Å². The van der Waals surface area contributed by atoms with Crippen molar-refractivity contribution in [2.45, 2.75) is 38.6 Å². The van der Waals surface area contributed by atoms with Crippen LogP contribution in [0.4, 0.5) is 0 Å². The fourth-order valence-electron chi connectivity index (χ4n) is 2.45. The third kappa shape index (κ3) is 3.70. The molecule has 3 N–H and O–H groups in total. The van der Waals surface area contributed by atoms with E-state index in [4.69, 9.17) is 10.5 Å². The molecule has 1 atom stereocenters. The second kappa shape index (κ2) is 6.57. The molecular weight excluding hydrogens is 240 g/mol. The Bertz CT molecular complexity index is 446. The molecule has 0 saturated carbocycles. The number of fused-ring (bicyclic) bond motifs is 1. The zero-order valence-electron chi connectivity index (χ0n) is 11.4. The molecule has 1 aliphatic rings. The van der Waals surface area contributed by atoms with Gasteiger partial charge in [-0.3, -0.25) is 4.79 Å². The standard InChI is InChI=1S/C15H22N2O2/c1-2-17-15(18)8-9-19-12-7-6-11-4-3-5-14(16)13(11)10-12/h6-7,10,14H,2-5,8-9,16H2,1H3,(H,17,18). The smallest absolute Gasteiger partial charge is 0.223 e. The minimum absolute atomic E-state index is 0.0251. The van der Waals surface area contributed by atoms with E-state index in [1.165, 1.54) is 11.1 Å². The molecule has 0 heterocycles. The van der Waals surface area contributed by atoms with Crippen molar-refractivity contribution < 1.29 is 9.53 Å². The number of aryl methyl sites for hydroxylation is 1. The van der Waals surface area contributed by atoms with E-state index in [1.807, 2.05) is 19.1 Å². The molecule has 0 saturated heterocycles. The number of carbonyl (C=O) groups excluding carboxylic acids is 1. The van der Waals surface area contributed by atoms with Crippen molar-refractivity contribution in [3.8, 4) is 5.75 Å². The van der Waals surface area contributed by atoms with E-state index in [1.54, 1.807) is 0 Å². The van der Waals surface area contributed by atoms with Crippen LogP contribution in [-0.4, -0.2) is 19.1 Å². The lowest BCUT2D eigenvalue weighted by Gasteiger charge is -2.22. The maximum Gasteiger partial charge on any atom is 0.223 e. The van der Waals surface area contributed by atoms with Gasteiger partial charge in [0.15, 0.2) is 0 Å². The molecule has 19 heavy (non-hydrogen) atoms. The molecule has 1 aromatic rings. The zero-order chi connectivity index (χ0) is 13.7. The summed E-state index contributed by atoms with van der Waals surface area (Å²) in [6, 6.07) is 6.21. The summed E-state index contributed by atoms with van der Waals surface area (Å²) >= 11 is 0. The highest BCUT2D eigenvalue weighted by atomic mass is 16.5. The van der Waals surface area contributed by atoms with Crippen LogP contribution in [0.2, 0.25) is 0 Å². The third-order valence-electron chi connectivity index (χ3n) is 3.45. The Morgan fingerprint density at radius 2 is 2.37 bits per heavy atom. The first kappa shape index (κ1) is 13.9. The monoisotopic (exact) mass is 262 g/mol. The fourth-order valence-corrected chi connectivity index (χ4v) is 2.45. The number of nitrogens with one attached hydrogen (secondary N) is 1. The highest BCUT2D eigenvalue weighted by molar-refractivity contribution is 5.75. The zero-order valence-corrected chi connectivity index (χ0v) is 11.4. The fraction of sp³-hybridized carbons (Fsp3) is 0.533. The number of nitrogens with two attached hydrogens (primary N) is 1. The van der Waals surface area contributed by atoms with E-state index >= 15 is 0 Å². The lowest BCUT2D eigenvalue weighted by molar-refractivity contribution is -0.121. The Morgan fingerprint density at radius 1 is 1.53 bits per heavy atom. The average Bonchev–Trinajstić information content (AvgIpc) is 2.40. The van der Waals surface area contributed by atoms with Crippen molar-refractivity contribution in [3.63, 3.8) is 0 Å². The van der Waals surface area contributed by atoms with Gasteiger partial charge in [-0.15, -0.1) is 0 Å². The van der Waals surface area contributed by atoms with Crippen LogP contribution in [-0.2, 0) is 11.2 Å². The van der Waals surface area contributed by atoms with Gasteiger partial charge in [-0.05, 0) is 49.4 Å². The van der Waals surface area contributed by atoms with Crippen LogP contribution in [0.3, 0.4) is 0 Å². The molecular formula is C15H22N2O2. The van der Waals surface area contributed by atoms with Crippen molar-refractivity contribution in [2.75, 3.05) is 13.2 Å². The van der Waals surface area contributed by atoms with Crippen LogP contribution in [0.1, 0.15) is 43.4 Å². The van der Waals surface area contributed by atoms with Crippen LogP contribution < -0.4 is 15.8 Å². The van der Waals surface area contributed by atoms with Gasteiger partial charge >= 0.3 is 0 Å². The van der Waals surface area contributed by atoms with Crippen LogP contribution in [0.25, 0.3) is 0 Å². The van der Waals surface area contributed by atoms with Gasteiger partial charge in [-0.25, -0.2) is 0 Å². The summed E-state index contributed by atoms with van der Waals surface area (Å²) in [5.74, 6) is 0.831. The molecule has 104 valence electrons. The van der Waals surface area contributed by atoms with Gasteiger partial charge in [0.2, 0.25) is 5.91 Å². The summed E-state index contributed by atoms with van der Waals surface area (Å²) < 4.78 is 5.62. The molecule has 0 fully saturated rings. The van der Waals surface area contributed by atoms with Crippen molar-refractivity contribution in [1.82, 2.24) is 5.32 Å². The lowest BCUT2D eigenvalue weighted by Crippen LogP contribution is -2.24. The van der Waals surface area contributed by atoms with Crippen molar-refractivity contribution in [2.24, 2.45) is 5.73 Å². The Kier molecular flexibility index (Phi) is 4.80. The first-order valence-electron chi connectivity index (χ1n) is 6.98. The molecule has 0 spiro atoms. The van der Waals surface area contributed by atoms with Crippen LogP contribution >= 0.6 is 0 Å². The van der Waals surface area contributed by atoms with E-state index in [9.17, 15) is 4.79 Å². The first-order chi connectivity index (χ1) is 9.20. The van der Waals surface area contributed by atoms with Gasteiger partial charge in [0.05, 0.1) is 13.0 Å². The quantitative estimate of drug-likeness (QED) is 0.852.